The Labute approximate surface area is 183 Å². The number of carbonyl (C=O) groups is 2. The topological polar surface area (TPSA) is 79.3 Å². The molecule has 2 N–H and O–H groups in total. The van der Waals surface area contributed by atoms with Gasteiger partial charge in [-0.3, -0.25) is 9.59 Å². The number of aromatic nitrogens is 2. The van der Waals surface area contributed by atoms with Crippen molar-refractivity contribution in [1.82, 2.24) is 25.1 Å². The molecule has 0 radical (unpaired) electrons. The van der Waals surface area contributed by atoms with E-state index in [-0.39, 0.29) is 17.4 Å². The van der Waals surface area contributed by atoms with E-state index in [1.807, 2.05) is 38.5 Å². The summed E-state index contributed by atoms with van der Waals surface area (Å²) in [6.45, 7) is 9.53. The highest BCUT2D eigenvalue weighted by Crippen LogP contribution is 2.30. The van der Waals surface area contributed by atoms with Gasteiger partial charge in [-0.2, -0.15) is 0 Å². The molecule has 0 spiro atoms. The minimum atomic E-state index is -0.717. The van der Waals surface area contributed by atoms with E-state index in [1.54, 1.807) is 20.0 Å². The Morgan fingerprint density at radius 3 is 2.58 bits per heavy atom. The largest absolute Gasteiger partial charge is 0.357 e. The Bertz CT molecular complexity index is 993. The zero-order valence-electron chi connectivity index (χ0n) is 19.2. The molecule has 0 aliphatic carbocycles. The second-order valence-electron chi connectivity index (χ2n) is 9.27. The lowest BCUT2D eigenvalue weighted by molar-refractivity contribution is -0.124. The zero-order valence-corrected chi connectivity index (χ0v) is 19.2. The third-order valence-corrected chi connectivity index (χ3v) is 5.79. The van der Waals surface area contributed by atoms with Crippen LogP contribution in [0.15, 0.2) is 18.2 Å². The number of rotatable bonds is 4. The van der Waals surface area contributed by atoms with Crippen LogP contribution in [0.3, 0.4) is 0 Å². The summed E-state index contributed by atoms with van der Waals surface area (Å²) in [5, 5.41) is 5.50. The molecule has 1 aromatic carbocycles. The summed E-state index contributed by atoms with van der Waals surface area (Å²) >= 11 is 0. The maximum absolute atomic E-state index is 14.3. The molecule has 1 atom stereocenters. The maximum atomic E-state index is 14.3. The van der Waals surface area contributed by atoms with Gasteiger partial charge in [0.25, 0.3) is 5.91 Å². The van der Waals surface area contributed by atoms with E-state index in [2.05, 4.69) is 20.5 Å². The number of benzene rings is 1. The van der Waals surface area contributed by atoms with Crippen LogP contribution in [0.4, 0.5) is 4.39 Å². The van der Waals surface area contributed by atoms with Crippen LogP contribution >= 0.6 is 0 Å². The van der Waals surface area contributed by atoms with Crippen LogP contribution in [0.2, 0.25) is 0 Å². The van der Waals surface area contributed by atoms with E-state index < -0.39 is 17.4 Å². The van der Waals surface area contributed by atoms with E-state index in [0.717, 1.165) is 18.7 Å². The normalized spacial score (nSPS) is 15.7. The summed E-state index contributed by atoms with van der Waals surface area (Å²) in [6.07, 6.45) is 0.894. The molecule has 7 nitrogen and oxygen atoms in total. The van der Waals surface area contributed by atoms with Crippen molar-refractivity contribution in [2.75, 3.05) is 20.6 Å². The van der Waals surface area contributed by atoms with Crippen molar-refractivity contribution in [3.63, 3.8) is 0 Å². The number of halogens is 1. The van der Waals surface area contributed by atoms with Gasteiger partial charge in [0, 0.05) is 25.7 Å². The molecular weight excluding hydrogens is 397 g/mol. The molecule has 3 rings (SSSR count). The van der Waals surface area contributed by atoms with E-state index >= 15 is 0 Å². The Hall–Kier alpha value is -2.74. The van der Waals surface area contributed by atoms with Crippen LogP contribution in [0.5, 0.6) is 0 Å². The van der Waals surface area contributed by atoms with Crippen molar-refractivity contribution in [3.05, 3.63) is 41.0 Å². The number of nitrogens with zero attached hydrogens (tertiary/aromatic N) is 3. The first-order valence-corrected chi connectivity index (χ1v) is 10.6. The van der Waals surface area contributed by atoms with Crippen molar-refractivity contribution < 1.29 is 14.0 Å². The molecule has 31 heavy (non-hydrogen) atoms. The molecule has 2 aromatic rings. The minimum absolute atomic E-state index is 0.260. The molecule has 2 heterocycles. The third-order valence-electron chi connectivity index (χ3n) is 5.79. The number of imidazole rings is 1. The Balaban J connectivity index is 2.10. The molecule has 0 saturated carbocycles. The number of carbonyl (C=O) groups excluding carboxylic acids is 2. The fourth-order valence-corrected chi connectivity index (χ4v) is 3.98. The molecule has 168 valence electrons. The van der Waals surface area contributed by atoms with Gasteiger partial charge in [-0.05, 0) is 44.0 Å². The highest BCUT2D eigenvalue weighted by molar-refractivity contribution is 5.98. The molecule has 0 saturated heterocycles. The van der Waals surface area contributed by atoms with Crippen molar-refractivity contribution >= 4 is 11.8 Å². The molecule has 0 bridgehead atoms. The van der Waals surface area contributed by atoms with Gasteiger partial charge in [0.1, 0.15) is 17.7 Å². The van der Waals surface area contributed by atoms with Crippen LogP contribution in [-0.2, 0) is 17.9 Å². The van der Waals surface area contributed by atoms with E-state index in [1.165, 1.54) is 6.07 Å². The average Bonchev–Trinajstić information content (AvgIpc) is 2.92. The van der Waals surface area contributed by atoms with Crippen LogP contribution in [0.1, 0.15) is 48.9 Å². The molecule has 1 aromatic heterocycles. The summed E-state index contributed by atoms with van der Waals surface area (Å²) in [6, 6.07) is 4.19. The van der Waals surface area contributed by atoms with Crippen molar-refractivity contribution in [2.45, 2.75) is 53.2 Å². The lowest BCUT2D eigenvalue weighted by atomic mass is 9.86. The summed E-state index contributed by atoms with van der Waals surface area (Å²) in [7, 11) is 3.55. The SMILES string of the molecule is CNC(=O)[C@@H](NC(=O)c1nc(-c2cccc(F)c2C)n2c1CN(C)CCC2)C(C)(C)C. The van der Waals surface area contributed by atoms with Gasteiger partial charge in [0.05, 0.1) is 5.69 Å². The van der Waals surface area contributed by atoms with Crippen LogP contribution in [0, 0.1) is 18.2 Å². The highest BCUT2D eigenvalue weighted by atomic mass is 19.1. The van der Waals surface area contributed by atoms with Crippen LogP contribution in [0.25, 0.3) is 11.4 Å². The first-order chi connectivity index (χ1) is 14.5. The van der Waals surface area contributed by atoms with Gasteiger partial charge in [0.15, 0.2) is 5.69 Å². The lowest BCUT2D eigenvalue weighted by Crippen LogP contribution is -2.53. The molecule has 1 aliphatic rings. The van der Waals surface area contributed by atoms with Gasteiger partial charge in [-0.1, -0.05) is 32.9 Å². The summed E-state index contributed by atoms with van der Waals surface area (Å²) < 4.78 is 16.3. The number of nitrogens with one attached hydrogen (secondary N) is 2. The first-order valence-electron chi connectivity index (χ1n) is 10.6. The molecular formula is C23H32FN5O2. The Kier molecular flexibility index (Phi) is 6.50. The molecule has 0 unspecified atom stereocenters. The quantitative estimate of drug-likeness (QED) is 0.783. The van der Waals surface area contributed by atoms with Crippen LogP contribution < -0.4 is 10.6 Å². The molecule has 8 heteroatoms. The van der Waals surface area contributed by atoms with Gasteiger partial charge >= 0.3 is 0 Å². The maximum Gasteiger partial charge on any atom is 0.272 e. The fraction of sp³-hybridized carbons (Fsp3) is 0.522. The second-order valence-corrected chi connectivity index (χ2v) is 9.27. The number of likely N-dealkylation sites (N-methyl/N-ethyl adjacent to an activating group) is 1. The van der Waals surface area contributed by atoms with Gasteiger partial charge < -0.3 is 20.1 Å². The van der Waals surface area contributed by atoms with Gasteiger partial charge in [0.2, 0.25) is 5.91 Å². The second kappa shape index (κ2) is 8.78. The molecule has 2 amide bonds. The predicted octanol–water partition coefficient (Wildman–Crippen LogP) is 2.72. The summed E-state index contributed by atoms with van der Waals surface area (Å²) in [5.41, 5.74) is 1.75. The lowest BCUT2D eigenvalue weighted by Gasteiger charge is -2.29. The predicted molar refractivity (Wildman–Crippen MR) is 118 cm³/mol. The standard InChI is InChI=1S/C23H32FN5O2/c1-14-15(9-7-10-16(14)24)20-26-18(17-13-28(6)11-8-12-29(17)20)21(30)27-19(22(31)25-5)23(2,3)4/h7,9-10,19H,8,11-13H2,1-6H3,(H,25,31)(H,27,30)/t19-/m1/s1. The minimum Gasteiger partial charge on any atom is -0.357 e. The Morgan fingerprint density at radius 2 is 1.94 bits per heavy atom. The summed E-state index contributed by atoms with van der Waals surface area (Å²) in [5.74, 6) is -0.383. The van der Waals surface area contributed by atoms with E-state index in [9.17, 15) is 14.0 Å². The fourth-order valence-electron chi connectivity index (χ4n) is 3.98. The van der Waals surface area contributed by atoms with E-state index in [4.69, 9.17) is 0 Å². The molecule has 1 aliphatic heterocycles. The van der Waals surface area contributed by atoms with Crippen LogP contribution in [-0.4, -0.2) is 52.9 Å². The highest BCUT2D eigenvalue weighted by Gasteiger charge is 2.34. The molecule has 0 fully saturated rings. The van der Waals surface area contributed by atoms with E-state index in [0.29, 0.717) is 30.0 Å². The zero-order chi connectivity index (χ0) is 22.9. The van der Waals surface area contributed by atoms with Gasteiger partial charge in [-0.25, -0.2) is 9.37 Å². The number of hydrogen-bond acceptors (Lipinski definition) is 4. The van der Waals surface area contributed by atoms with Gasteiger partial charge in [-0.15, -0.1) is 0 Å². The van der Waals surface area contributed by atoms with Crippen molar-refractivity contribution in [1.29, 1.82) is 0 Å². The number of fused-ring (bicyclic) bond motifs is 1. The number of amides is 2. The smallest absolute Gasteiger partial charge is 0.272 e. The van der Waals surface area contributed by atoms with Crippen molar-refractivity contribution in [2.24, 2.45) is 5.41 Å². The number of hydrogen-bond donors (Lipinski definition) is 2. The average molecular weight is 430 g/mol. The third kappa shape index (κ3) is 4.63. The first kappa shape index (κ1) is 22.9. The Morgan fingerprint density at radius 1 is 1.23 bits per heavy atom. The summed E-state index contributed by atoms with van der Waals surface area (Å²) in [4.78, 5) is 32.6. The monoisotopic (exact) mass is 429 g/mol. The van der Waals surface area contributed by atoms with Crippen molar-refractivity contribution in [3.8, 4) is 11.4 Å².